The number of halogens is 1. The van der Waals surface area contributed by atoms with Gasteiger partial charge < -0.3 is 0 Å². The van der Waals surface area contributed by atoms with Gasteiger partial charge in [-0.2, -0.15) is 0 Å². The van der Waals surface area contributed by atoms with Gasteiger partial charge >= 0.3 is 0 Å². The number of alkyl halides is 1. The summed E-state index contributed by atoms with van der Waals surface area (Å²) in [4.78, 5) is 1.26. The highest BCUT2D eigenvalue weighted by molar-refractivity contribution is 9.09. The molecule has 2 rings (SSSR count). The van der Waals surface area contributed by atoms with E-state index in [9.17, 15) is 0 Å². The van der Waals surface area contributed by atoms with E-state index < -0.39 is 8.07 Å². The molecule has 0 aliphatic carbocycles. The minimum absolute atomic E-state index is 1.02. The molecule has 1 heterocycles. The fourth-order valence-electron chi connectivity index (χ4n) is 3.85. The van der Waals surface area contributed by atoms with Crippen LogP contribution in [-0.4, -0.2) is 13.0 Å². The standard InChI is InChI=1S/C19H31BrSi/c1-2-3-4-5-7-10-18-13-15-21(17-20,16-14-18)19-11-8-6-9-12-19/h6,8-9,11-12,18H,2-5,7,10,13-17H2,1H3. The van der Waals surface area contributed by atoms with E-state index >= 15 is 0 Å². The molecule has 0 aromatic heterocycles. The number of unbranched alkanes of at least 4 members (excludes halogenated alkanes) is 4. The minimum atomic E-state index is -1.22. The van der Waals surface area contributed by atoms with Crippen molar-refractivity contribution in [2.45, 2.75) is 70.4 Å². The highest BCUT2D eigenvalue weighted by Crippen LogP contribution is 2.36. The normalized spacial score (nSPS) is 25.9. The van der Waals surface area contributed by atoms with E-state index in [0.717, 1.165) is 5.92 Å². The van der Waals surface area contributed by atoms with Crippen molar-refractivity contribution in [2.24, 2.45) is 5.92 Å². The predicted molar refractivity (Wildman–Crippen MR) is 101 cm³/mol. The summed E-state index contributed by atoms with van der Waals surface area (Å²) >= 11 is 3.87. The molecule has 118 valence electrons. The lowest BCUT2D eigenvalue weighted by molar-refractivity contribution is 0.411. The Kier molecular flexibility index (Phi) is 7.52. The molecular formula is C19H31BrSi. The molecule has 0 atom stereocenters. The second-order valence-corrected chi connectivity index (χ2v) is 13.0. The molecule has 0 radical (unpaired) electrons. The summed E-state index contributed by atoms with van der Waals surface area (Å²) < 4.78 is 0. The zero-order valence-corrected chi connectivity index (χ0v) is 16.2. The average molecular weight is 367 g/mol. The summed E-state index contributed by atoms with van der Waals surface area (Å²) in [5, 5.41) is 1.68. The number of benzene rings is 1. The van der Waals surface area contributed by atoms with E-state index in [-0.39, 0.29) is 0 Å². The third-order valence-electron chi connectivity index (χ3n) is 5.42. The van der Waals surface area contributed by atoms with Crippen LogP contribution >= 0.6 is 15.9 Å². The van der Waals surface area contributed by atoms with Gasteiger partial charge in [-0.15, -0.1) is 0 Å². The maximum Gasteiger partial charge on any atom is 0.0971 e. The van der Waals surface area contributed by atoms with Crippen LogP contribution in [0, 0.1) is 5.92 Å². The summed E-state index contributed by atoms with van der Waals surface area (Å²) in [7, 11) is -1.22. The molecule has 1 aliphatic rings. The molecule has 0 saturated carbocycles. The van der Waals surface area contributed by atoms with Crippen LogP contribution < -0.4 is 5.19 Å². The molecule has 1 saturated heterocycles. The van der Waals surface area contributed by atoms with Gasteiger partial charge in [0.2, 0.25) is 0 Å². The molecule has 0 amide bonds. The molecule has 21 heavy (non-hydrogen) atoms. The molecular weight excluding hydrogens is 336 g/mol. The Bertz CT molecular complexity index is 382. The summed E-state index contributed by atoms with van der Waals surface area (Å²) in [5.41, 5.74) is 0. The SMILES string of the molecule is CCCCCCCC1CC[Si](CBr)(c2ccccc2)CC1. The van der Waals surface area contributed by atoms with Gasteiger partial charge in [0, 0.05) is 4.95 Å². The first-order chi connectivity index (χ1) is 10.3. The van der Waals surface area contributed by atoms with Crippen LogP contribution in [0.5, 0.6) is 0 Å². The van der Waals surface area contributed by atoms with Crippen molar-refractivity contribution in [1.29, 1.82) is 0 Å². The monoisotopic (exact) mass is 366 g/mol. The van der Waals surface area contributed by atoms with Crippen molar-refractivity contribution in [1.82, 2.24) is 0 Å². The van der Waals surface area contributed by atoms with Crippen LogP contribution in [0.3, 0.4) is 0 Å². The van der Waals surface area contributed by atoms with Crippen LogP contribution in [0.15, 0.2) is 30.3 Å². The van der Waals surface area contributed by atoms with Crippen LogP contribution in [0.2, 0.25) is 12.1 Å². The summed E-state index contributed by atoms with van der Waals surface area (Å²) in [6.07, 6.45) is 11.6. The Hall–Kier alpha value is -0.0831. The fourth-order valence-corrected chi connectivity index (χ4v) is 10.6. The predicted octanol–water partition coefficient (Wildman–Crippen LogP) is 6.05. The second-order valence-electron chi connectivity index (χ2n) is 6.93. The quantitative estimate of drug-likeness (QED) is 0.298. The minimum Gasteiger partial charge on any atom is -0.0958 e. The lowest BCUT2D eigenvalue weighted by atomic mass is 9.95. The molecule has 1 aliphatic heterocycles. The molecule has 0 unspecified atom stereocenters. The Balaban J connectivity index is 1.78. The van der Waals surface area contributed by atoms with Gasteiger partial charge in [-0.05, 0) is 5.92 Å². The topological polar surface area (TPSA) is 0 Å². The van der Waals surface area contributed by atoms with E-state index in [1.165, 1.54) is 68.4 Å². The fraction of sp³-hybridized carbons (Fsp3) is 0.684. The van der Waals surface area contributed by atoms with Crippen molar-refractivity contribution in [3.05, 3.63) is 30.3 Å². The maximum absolute atomic E-state index is 3.87. The molecule has 1 fully saturated rings. The Labute approximate surface area is 140 Å². The van der Waals surface area contributed by atoms with Gasteiger partial charge in [-0.1, -0.05) is 122 Å². The Morgan fingerprint density at radius 1 is 1.00 bits per heavy atom. The van der Waals surface area contributed by atoms with Crippen LogP contribution in [-0.2, 0) is 0 Å². The third-order valence-corrected chi connectivity index (χ3v) is 13.2. The maximum atomic E-state index is 3.87. The van der Waals surface area contributed by atoms with E-state index in [4.69, 9.17) is 0 Å². The zero-order valence-electron chi connectivity index (χ0n) is 13.6. The number of hydrogen-bond acceptors (Lipinski definition) is 0. The van der Waals surface area contributed by atoms with Gasteiger partial charge in [0.05, 0.1) is 8.07 Å². The number of rotatable bonds is 8. The highest BCUT2D eigenvalue weighted by Gasteiger charge is 2.37. The first kappa shape index (κ1) is 17.3. The second kappa shape index (κ2) is 9.15. The first-order valence-corrected chi connectivity index (χ1v) is 12.7. The van der Waals surface area contributed by atoms with E-state index in [1.54, 1.807) is 5.19 Å². The van der Waals surface area contributed by atoms with Crippen molar-refractivity contribution in [3.63, 3.8) is 0 Å². The smallest absolute Gasteiger partial charge is 0.0958 e. The molecule has 2 heteroatoms. The largest absolute Gasteiger partial charge is 0.0971 e. The summed E-state index contributed by atoms with van der Waals surface area (Å²) in [5.74, 6) is 1.02. The van der Waals surface area contributed by atoms with Gasteiger partial charge in [-0.25, -0.2) is 0 Å². The van der Waals surface area contributed by atoms with E-state index in [1.807, 2.05) is 0 Å². The van der Waals surface area contributed by atoms with Crippen LogP contribution in [0.1, 0.15) is 58.3 Å². The molecule has 0 N–H and O–H groups in total. The van der Waals surface area contributed by atoms with E-state index in [2.05, 4.69) is 53.2 Å². The van der Waals surface area contributed by atoms with Crippen LogP contribution in [0.25, 0.3) is 0 Å². The van der Waals surface area contributed by atoms with E-state index in [0.29, 0.717) is 0 Å². The van der Waals surface area contributed by atoms with Gasteiger partial charge in [0.15, 0.2) is 0 Å². The van der Waals surface area contributed by atoms with Gasteiger partial charge in [0.1, 0.15) is 0 Å². The average Bonchev–Trinajstić information content (AvgIpc) is 2.56. The van der Waals surface area contributed by atoms with Crippen molar-refractivity contribution < 1.29 is 0 Å². The highest BCUT2D eigenvalue weighted by atomic mass is 79.9. The third kappa shape index (κ3) is 4.96. The Morgan fingerprint density at radius 2 is 1.67 bits per heavy atom. The Morgan fingerprint density at radius 3 is 2.29 bits per heavy atom. The van der Waals surface area contributed by atoms with Crippen molar-refractivity contribution in [3.8, 4) is 0 Å². The van der Waals surface area contributed by atoms with Gasteiger partial charge in [-0.3, -0.25) is 0 Å². The molecule has 0 spiro atoms. The lowest BCUT2D eigenvalue weighted by Crippen LogP contribution is -2.52. The first-order valence-electron chi connectivity index (χ1n) is 8.92. The molecule has 0 nitrogen and oxygen atoms in total. The summed E-state index contributed by atoms with van der Waals surface area (Å²) in [6.45, 7) is 2.30. The molecule has 0 bridgehead atoms. The molecule has 1 aromatic carbocycles. The molecule has 1 aromatic rings. The summed E-state index contributed by atoms with van der Waals surface area (Å²) in [6, 6.07) is 14.4. The number of hydrogen-bond donors (Lipinski definition) is 0. The lowest BCUT2D eigenvalue weighted by Gasteiger charge is -2.38. The van der Waals surface area contributed by atoms with Gasteiger partial charge in [0.25, 0.3) is 0 Å². The van der Waals surface area contributed by atoms with Crippen molar-refractivity contribution in [2.75, 3.05) is 4.95 Å². The zero-order chi connectivity index (χ0) is 15.0. The van der Waals surface area contributed by atoms with Crippen molar-refractivity contribution >= 4 is 29.2 Å². The van der Waals surface area contributed by atoms with Crippen LogP contribution in [0.4, 0.5) is 0 Å².